The van der Waals surface area contributed by atoms with Crippen molar-refractivity contribution in [2.45, 2.75) is 62.8 Å². The van der Waals surface area contributed by atoms with Crippen LogP contribution in [0, 0.1) is 0 Å². The number of alkyl halides is 3. The maximum Gasteiger partial charge on any atom is 0.410 e. The zero-order valence-corrected chi connectivity index (χ0v) is 16.7. The molecule has 0 unspecified atom stereocenters. The number of nitrogens with zero attached hydrogens (tertiary/aromatic N) is 2. The van der Waals surface area contributed by atoms with Crippen LogP contribution in [-0.4, -0.2) is 34.7 Å². The quantitative estimate of drug-likeness (QED) is 0.749. The highest BCUT2D eigenvalue weighted by Gasteiger charge is 2.47. The molecule has 1 aromatic heterocycles. The first-order chi connectivity index (χ1) is 14.9. The predicted molar refractivity (Wildman–Crippen MR) is 105 cm³/mol. The molecule has 7 nitrogen and oxygen atoms in total. The fraction of sp³-hybridized carbons (Fsp3) is 0.524. The molecule has 2 aromatic rings. The lowest BCUT2D eigenvalue weighted by Crippen LogP contribution is -2.37. The van der Waals surface area contributed by atoms with Gasteiger partial charge >= 0.3 is 6.18 Å². The van der Waals surface area contributed by atoms with Crippen LogP contribution in [0.3, 0.4) is 0 Å². The van der Waals surface area contributed by atoms with Crippen molar-refractivity contribution in [3.05, 3.63) is 35.5 Å². The molecule has 0 spiro atoms. The molecular formula is C21H23F3N4O3. The van der Waals surface area contributed by atoms with Crippen LogP contribution in [0.2, 0.25) is 0 Å². The molecule has 0 saturated heterocycles. The Morgan fingerprint density at radius 2 is 1.90 bits per heavy atom. The average Bonchev–Trinajstić information content (AvgIpc) is 3.39. The minimum absolute atomic E-state index is 0.00587. The monoisotopic (exact) mass is 436 g/mol. The minimum atomic E-state index is -4.51. The van der Waals surface area contributed by atoms with Crippen LogP contribution in [-0.2, 0) is 0 Å². The smallest absolute Gasteiger partial charge is 0.410 e. The summed E-state index contributed by atoms with van der Waals surface area (Å²) >= 11 is 0. The SMILES string of the molecule is O=C(NC1CCCCC1)c1cc2n(n1)[C@H](C(F)(F)F)C[C@H](c1ccc3c(c1)OCO3)N2. The molecule has 31 heavy (non-hydrogen) atoms. The number of benzene rings is 1. The summed E-state index contributed by atoms with van der Waals surface area (Å²) in [5.41, 5.74) is 0.646. The van der Waals surface area contributed by atoms with Crippen molar-refractivity contribution < 1.29 is 27.4 Å². The van der Waals surface area contributed by atoms with Crippen LogP contribution in [0.15, 0.2) is 24.3 Å². The molecule has 1 amide bonds. The summed E-state index contributed by atoms with van der Waals surface area (Å²) in [6.45, 7) is 0.0916. The van der Waals surface area contributed by atoms with E-state index in [-0.39, 0.29) is 30.8 Å². The van der Waals surface area contributed by atoms with Gasteiger partial charge in [0.15, 0.2) is 23.2 Å². The van der Waals surface area contributed by atoms with E-state index >= 15 is 0 Å². The molecule has 0 radical (unpaired) electrons. The molecule has 3 aliphatic rings. The second-order valence-corrected chi connectivity index (χ2v) is 8.27. The molecule has 1 fully saturated rings. The van der Waals surface area contributed by atoms with Crippen LogP contribution in [0.25, 0.3) is 0 Å². The molecule has 2 aliphatic heterocycles. The summed E-state index contributed by atoms with van der Waals surface area (Å²) in [5.74, 6) is 0.814. The third-order valence-electron chi connectivity index (χ3n) is 6.16. The van der Waals surface area contributed by atoms with Crippen molar-refractivity contribution in [2.24, 2.45) is 0 Å². The highest BCUT2D eigenvalue weighted by molar-refractivity contribution is 5.93. The number of ether oxygens (including phenoxy) is 2. The maximum absolute atomic E-state index is 13.9. The summed E-state index contributed by atoms with van der Waals surface area (Å²) in [4.78, 5) is 12.6. The lowest BCUT2D eigenvalue weighted by Gasteiger charge is -2.33. The number of carbonyl (C=O) groups excluding carboxylic acids is 1. The van der Waals surface area contributed by atoms with Crippen molar-refractivity contribution in [3.8, 4) is 11.5 Å². The van der Waals surface area contributed by atoms with E-state index in [1.54, 1.807) is 18.2 Å². The molecular weight excluding hydrogens is 413 g/mol. The molecule has 1 saturated carbocycles. The van der Waals surface area contributed by atoms with Gasteiger partial charge in [-0.2, -0.15) is 18.3 Å². The van der Waals surface area contributed by atoms with Gasteiger partial charge in [-0.15, -0.1) is 0 Å². The Kier molecular flexibility index (Phi) is 4.94. The highest BCUT2D eigenvalue weighted by Crippen LogP contribution is 2.45. The van der Waals surface area contributed by atoms with Gasteiger partial charge < -0.3 is 20.1 Å². The number of hydrogen-bond donors (Lipinski definition) is 2. The number of nitrogens with one attached hydrogen (secondary N) is 2. The number of halogens is 3. The van der Waals surface area contributed by atoms with Gasteiger partial charge in [0.1, 0.15) is 5.82 Å². The molecule has 1 aliphatic carbocycles. The summed E-state index contributed by atoms with van der Waals surface area (Å²) in [5, 5.41) is 10.1. The van der Waals surface area contributed by atoms with Crippen LogP contribution in [0.1, 0.15) is 66.7 Å². The standard InChI is InChI=1S/C21H23F3N4O3/c22-21(23,24)18-9-14(12-6-7-16-17(8-12)31-11-30-16)26-19-10-15(27-28(18)19)20(29)25-13-4-2-1-3-5-13/h6-8,10,13-14,18,26H,1-5,9,11H2,(H,25,29)/t14-,18+/m1/s1. The Balaban J connectivity index is 1.41. The topological polar surface area (TPSA) is 77.4 Å². The summed E-state index contributed by atoms with van der Waals surface area (Å²) < 4.78 is 53.2. The van der Waals surface area contributed by atoms with Gasteiger partial charge in [0.2, 0.25) is 6.79 Å². The predicted octanol–water partition coefficient (Wildman–Crippen LogP) is 4.33. The molecule has 1 aromatic carbocycles. The summed E-state index contributed by atoms with van der Waals surface area (Å²) in [6.07, 6.45) is 0.239. The van der Waals surface area contributed by atoms with Gasteiger partial charge in [0.25, 0.3) is 5.91 Å². The molecule has 10 heteroatoms. The van der Waals surface area contributed by atoms with Gasteiger partial charge in [0, 0.05) is 18.5 Å². The fourth-order valence-electron chi connectivity index (χ4n) is 4.54. The van der Waals surface area contributed by atoms with Gasteiger partial charge in [-0.1, -0.05) is 25.3 Å². The van der Waals surface area contributed by atoms with Crippen molar-refractivity contribution >= 4 is 11.7 Å². The van der Waals surface area contributed by atoms with E-state index < -0.39 is 24.2 Å². The summed E-state index contributed by atoms with van der Waals surface area (Å²) in [7, 11) is 0. The van der Waals surface area contributed by atoms with E-state index in [4.69, 9.17) is 9.47 Å². The number of amides is 1. The number of rotatable bonds is 3. The number of fused-ring (bicyclic) bond motifs is 2. The Hall–Kier alpha value is -2.91. The highest BCUT2D eigenvalue weighted by atomic mass is 19.4. The van der Waals surface area contributed by atoms with Gasteiger partial charge in [-0.05, 0) is 30.5 Å². The maximum atomic E-state index is 13.9. The zero-order valence-electron chi connectivity index (χ0n) is 16.7. The van der Waals surface area contributed by atoms with Crippen LogP contribution in [0.4, 0.5) is 19.0 Å². The third-order valence-corrected chi connectivity index (χ3v) is 6.16. The van der Waals surface area contributed by atoms with Crippen LogP contribution < -0.4 is 20.1 Å². The molecule has 0 bridgehead atoms. The van der Waals surface area contributed by atoms with Crippen molar-refractivity contribution in [1.82, 2.24) is 15.1 Å². The zero-order chi connectivity index (χ0) is 21.6. The second kappa shape index (κ2) is 7.65. The third kappa shape index (κ3) is 3.90. The first-order valence-corrected chi connectivity index (χ1v) is 10.5. The van der Waals surface area contributed by atoms with E-state index in [1.807, 2.05) is 0 Å². The number of anilines is 1. The van der Waals surface area contributed by atoms with E-state index in [1.165, 1.54) is 6.07 Å². The van der Waals surface area contributed by atoms with E-state index in [0.29, 0.717) is 17.1 Å². The van der Waals surface area contributed by atoms with E-state index in [0.717, 1.165) is 36.8 Å². The van der Waals surface area contributed by atoms with Crippen molar-refractivity contribution in [1.29, 1.82) is 0 Å². The van der Waals surface area contributed by atoms with Crippen molar-refractivity contribution in [3.63, 3.8) is 0 Å². The van der Waals surface area contributed by atoms with Gasteiger partial charge in [0.05, 0.1) is 6.04 Å². The molecule has 2 N–H and O–H groups in total. The van der Waals surface area contributed by atoms with E-state index in [9.17, 15) is 18.0 Å². The molecule has 166 valence electrons. The molecule has 3 heterocycles. The normalized spacial score (nSPS) is 23.2. The number of hydrogen-bond acceptors (Lipinski definition) is 5. The van der Waals surface area contributed by atoms with Gasteiger partial charge in [-0.25, -0.2) is 4.68 Å². The van der Waals surface area contributed by atoms with Crippen LogP contribution in [0.5, 0.6) is 11.5 Å². The number of aromatic nitrogens is 2. The fourth-order valence-corrected chi connectivity index (χ4v) is 4.54. The van der Waals surface area contributed by atoms with Crippen molar-refractivity contribution in [2.75, 3.05) is 12.1 Å². The first kappa shape index (κ1) is 20.0. The Bertz CT molecular complexity index is 985. The summed E-state index contributed by atoms with van der Waals surface area (Å²) in [6, 6.07) is 4.10. The Morgan fingerprint density at radius 1 is 1.13 bits per heavy atom. The largest absolute Gasteiger partial charge is 0.454 e. The lowest BCUT2D eigenvalue weighted by atomic mass is 9.95. The first-order valence-electron chi connectivity index (χ1n) is 10.5. The Labute approximate surface area is 176 Å². The molecule has 2 atom stereocenters. The lowest BCUT2D eigenvalue weighted by molar-refractivity contribution is -0.173. The number of carbonyl (C=O) groups is 1. The minimum Gasteiger partial charge on any atom is -0.454 e. The van der Waals surface area contributed by atoms with Gasteiger partial charge in [-0.3, -0.25) is 4.79 Å². The Morgan fingerprint density at radius 3 is 2.68 bits per heavy atom. The molecule has 5 rings (SSSR count). The average molecular weight is 436 g/mol. The van der Waals surface area contributed by atoms with Crippen LogP contribution >= 0.6 is 0 Å². The van der Waals surface area contributed by atoms with E-state index in [2.05, 4.69) is 15.7 Å². The second-order valence-electron chi connectivity index (χ2n) is 8.27.